The van der Waals surface area contributed by atoms with E-state index >= 15 is 0 Å². The van der Waals surface area contributed by atoms with Gasteiger partial charge in [0.2, 0.25) is 0 Å². The maximum Gasteiger partial charge on any atom is 0.319 e. The second-order valence-electron chi connectivity index (χ2n) is 3.49. The Bertz CT molecular complexity index is 325. The molecule has 0 fully saturated rings. The molecule has 4 nitrogen and oxygen atoms in total. The van der Waals surface area contributed by atoms with Crippen LogP contribution in [0.1, 0.15) is 25.3 Å². The van der Waals surface area contributed by atoms with Gasteiger partial charge < -0.3 is 10.6 Å². The lowest BCUT2D eigenvalue weighted by molar-refractivity contribution is 0.252. The molecule has 0 saturated carbocycles. The summed E-state index contributed by atoms with van der Waals surface area (Å²) in [6, 6.07) is 1.71. The molecule has 0 aliphatic rings. The molecule has 0 aromatic carbocycles. The molecule has 0 aliphatic heterocycles. The molecule has 1 aromatic rings. The van der Waals surface area contributed by atoms with E-state index in [1.807, 2.05) is 13.0 Å². The smallest absolute Gasteiger partial charge is 0.319 e. The molecule has 0 unspecified atom stereocenters. The summed E-state index contributed by atoms with van der Waals surface area (Å²) in [5, 5.41) is 5.50. The molecule has 0 saturated heterocycles. The third-order valence-corrected chi connectivity index (χ3v) is 1.95. The number of carbonyl (C=O) groups is 1. The third-order valence-electron chi connectivity index (χ3n) is 1.95. The monoisotopic (exact) mass is 207 g/mol. The standard InChI is InChI=1S/C11H17N3O/c1-3-4-5-13-11(15)14-10-6-9(2)7-12-8-10/h6-8H,3-5H2,1-2H3,(H2,13,14,15). The first-order valence-corrected chi connectivity index (χ1v) is 5.19. The summed E-state index contributed by atoms with van der Waals surface area (Å²) in [6.45, 7) is 4.73. The Hall–Kier alpha value is -1.58. The predicted octanol–water partition coefficient (Wildman–Crippen LogP) is 2.31. The van der Waals surface area contributed by atoms with Crippen LogP contribution in [0.5, 0.6) is 0 Å². The Morgan fingerprint density at radius 3 is 2.93 bits per heavy atom. The molecule has 1 heterocycles. The first-order valence-electron chi connectivity index (χ1n) is 5.19. The number of nitrogens with one attached hydrogen (secondary N) is 2. The van der Waals surface area contributed by atoms with Crippen LogP contribution in [0.4, 0.5) is 10.5 Å². The van der Waals surface area contributed by atoms with Gasteiger partial charge >= 0.3 is 6.03 Å². The minimum absolute atomic E-state index is 0.171. The highest BCUT2D eigenvalue weighted by molar-refractivity contribution is 5.89. The SMILES string of the molecule is CCCCNC(=O)Nc1cncc(C)c1. The summed E-state index contributed by atoms with van der Waals surface area (Å²) in [7, 11) is 0. The normalized spacial score (nSPS) is 9.73. The number of unbranched alkanes of at least 4 members (excludes halogenated alkanes) is 1. The van der Waals surface area contributed by atoms with Gasteiger partial charge in [0.1, 0.15) is 0 Å². The number of aromatic nitrogens is 1. The molecular formula is C11H17N3O. The number of anilines is 1. The number of nitrogens with zero attached hydrogens (tertiary/aromatic N) is 1. The number of carbonyl (C=O) groups excluding carboxylic acids is 1. The maximum absolute atomic E-state index is 11.3. The average Bonchev–Trinajstić information content (AvgIpc) is 2.18. The molecule has 0 aliphatic carbocycles. The summed E-state index contributed by atoms with van der Waals surface area (Å²) in [5.41, 5.74) is 1.75. The van der Waals surface area contributed by atoms with E-state index in [2.05, 4.69) is 22.5 Å². The summed E-state index contributed by atoms with van der Waals surface area (Å²) in [6.07, 6.45) is 5.46. The quantitative estimate of drug-likeness (QED) is 0.744. The zero-order chi connectivity index (χ0) is 11.1. The van der Waals surface area contributed by atoms with Crippen LogP contribution in [-0.4, -0.2) is 17.6 Å². The summed E-state index contributed by atoms with van der Waals surface area (Å²) >= 11 is 0. The molecule has 1 aromatic heterocycles. The number of rotatable bonds is 4. The Morgan fingerprint density at radius 2 is 2.27 bits per heavy atom. The van der Waals surface area contributed by atoms with E-state index < -0.39 is 0 Å². The van der Waals surface area contributed by atoms with Crippen molar-refractivity contribution in [2.75, 3.05) is 11.9 Å². The van der Waals surface area contributed by atoms with E-state index in [9.17, 15) is 4.79 Å². The second kappa shape index (κ2) is 6.01. The van der Waals surface area contributed by atoms with Crippen molar-refractivity contribution in [1.82, 2.24) is 10.3 Å². The van der Waals surface area contributed by atoms with Crippen LogP contribution in [0, 0.1) is 6.92 Å². The number of aryl methyl sites for hydroxylation is 1. The van der Waals surface area contributed by atoms with E-state index in [4.69, 9.17) is 0 Å². The van der Waals surface area contributed by atoms with Gasteiger partial charge in [-0.25, -0.2) is 4.79 Å². The zero-order valence-corrected chi connectivity index (χ0v) is 9.21. The Kier molecular flexibility index (Phi) is 4.60. The average molecular weight is 207 g/mol. The second-order valence-corrected chi connectivity index (χ2v) is 3.49. The van der Waals surface area contributed by atoms with Crippen molar-refractivity contribution in [1.29, 1.82) is 0 Å². The van der Waals surface area contributed by atoms with E-state index in [1.165, 1.54) is 0 Å². The van der Waals surface area contributed by atoms with Crippen molar-refractivity contribution in [3.8, 4) is 0 Å². The highest BCUT2D eigenvalue weighted by Gasteiger charge is 2.00. The lowest BCUT2D eigenvalue weighted by Crippen LogP contribution is -2.29. The van der Waals surface area contributed by atoms with Crippen molar-refractivity contribution in [2.45, 2.75) is 26.7 Å². The van der Waals surface area contributed by atoms with Crippen molar-refractivity contribution in [2.24, 2.45) is 0 Å². The number of pyridine rings is 1. The molecule has 0 atom stereocenters. The highest BCUT2D eigenvalue weighted by atomic mass is 16.2. The van der Waals surface area contributed by atoms with Gasteiger partial charge in [0.15, 0.2) is 0 Å². The topological polar surface area (TPSA) is 54.0 Å². The third kappa shape index (κ3) is 4.44. The highest BCUT2D eigenvalue weighted by Crippen LogP contribution is 2.06. The Balaban J connectivity index is 2.37. The van der Waals surface area contributed by atoms with Crippen LogP contribution in [0.2, 0.25) is 0 Å². The van der Waals surface area contributed by atoms with Gasteiger partial charge in [0.25, 0.3) is 0 Å². The summed E-state index contributed by atoms with van der Waals surface area (Å²) in [4.78, 5) is 15.3. The van der Waals surface area contributed by atoms with E-state index in [0.717, 1.165) is 24.1 Å². The van der Waals surface area contributed by atoms with Gasteiger partial charge in [0.05, 0.1) is 11.9 Å². The number of hydrogen-bond acceptors (Lipinski definition) is 2. The molecule has 0 spiro atoms. The van der Waals surface area contributed by atoms with Crippen molar-refractivity contribution in [3.05, 3.63) is 24.0 Å². The number of amides is 2. The molecule has 0 radical (unpaired) electrons. The first-order chi connectivity index (χ1) is 7.22. The van der Waals surface area contributed by atoms with Gasteiger partial charge in [0, 0.05) is 12.7 Å². The molecule has 2 N–H and O–H groups in total. The van der Waals surface area contributed by atoms with Crippen LogP contribution < -0.4 is 10.6 Å². The van der Waals surface area contributed by atoms with Gasteiger partial charge in [-0.1, -0.05) is 13.3 Å². The van der Waals surface area contributed by atoms with E-state index in [0.29, 0.717) is 6.54 Å². The van der Waals surface area contributed by atoms with Crippen LogP contribution in [0.3, 0.4) is 0 Å². The molecule has 15 heavy (non-hydrogen) atoms. The molecule has 82 valence electrons. The lowest BCUT2D eigenvalue weighted by atomic mass is 10.3. The molecule has 0 bridgehead atoms. The minimum atomic E-state index is -0.171. The van der Waals surface area contributed by atoms with Gasteiger partial charge in [-0.3, -0.25) is 4.98 Å². The molecular weight excluding hydrogens is 190 g/mol. The van der Waals surface area contributed by atoms with Gasteiger partial charge in [-0.05, 0) is 25.0 Å². The predicted molar refractivity (Wildman–Crippen MR) is 60.9 cm³/mol. The van der Waals surface area contributed by atoms with Crippen molar-refractivity contribution >= 4 is 11.7 Å². The maximum atomic E-state index is 11.3. The fourth-order valence-electron chi connectivity index (χ4n) is 1.18. The fourth-order valence-corrected chi connectivity index (χ4v) is 1.18. The minimum Gasteiger partial charge on any atom is -0.338 e. The van der Waals surface area contributed by atoms with Crippen molar-refractivity contribution < 1.29 is 4.79 Å². The van der Waals surface area contributed by atoms with Gasteiger partial charge in [-0.2, -0.15) is 0 Å². The largest absolute Gasteiger partial charge is 0.338 e. The molecule has 2 amide bonds. The van der Waals surface area contributed by atoms with Gasteiger partial charge in [-0.15, -0.1) is 0 Å². The van der Waals surface area contributed by atoms with E-state index in [1.54, 1.807) is 12.4 Å². The first kappa shape index (κ1) is 11.5. The fraction of sp³-hybridized carbons (Fsp3) is 0.455. The van der Waals surface area contributed by atoms with Crippen molar-refractivity contribution in [3.63, 3.8) is 0 Å². The lowest BCUT2D eigenvalue weighted by Gasteiger charge is -2.06. The van der Waals surface area contributed by atoms with E-state index in [-0.39, 0.29) is 6.03 Å². The Morgan fingerprint density at radius 1 is 1.47 bits per heavy atom. The molecule has 4 heteroatoms. The summed E-state index contributed by atoms with van der Waals surface area (Å²) in [5.74, 6) is 0. The van der Waals surface area contributed by atoms with Crippen LogP contribution in [0.25, 0.3) is 0 Å². The number of urea groups is 1. The summed E-state index contributed by atoms with van der Waals surface area (Å²) < 4.78 is 0. The van der Waals surface area contributed by atoms with Crippen LogP contribution in [0.15, 0.2) is 18.5 Å². The molecule has 1 rings (SSSR count). The van der Waals surface area contributed by atoms with Crippen LogP contribution in [-0.2, 0) is 0 Å². The Labute approximate surface area is 90.1 Å². The zero-order valence-electron chi connectivity index (χ0n) is 9.21. The number of hydrogen-bond donors (Lipinski definition) is 2. The van der Waals surface area contributed by atoms with Crippen LogP contribution >= 0.6 is 0 Å².